The summed E-state index contributed by atoms with van der Waals surface area (Å²) >= 11 is 1.53. The number of thioether (sulfide) groups is 1. The zero-order valence-corrected chi connectivity index (χ0v) is 17.8. The molecule has 1 aliphatic heterocycles. The van der Waals surface area contributed by atoms with Crippen LogP contribution in [0.1, 0.15) is 41.7 Å². The zero-order chi connectivity index (χ0) is 22.0. The van der Waals surface area contributed by atoms with Crippen LogP contribution in [-0.4, -0.2) is 29.1 Å². The topological polar surface area (TPSA) is 70.6 Å². The number of aliphatic imine (C=N–C) groups is 1. The molecule has 0 saturated heterocycles. The van der Waals surface area contributed by atoms with Crippen LogP contribution in [0.4, 0.5) is 8.78 Å². The number of nitrogens with one attached hydrogen (secondary N) is 2. The molecule has 0 aromatic heterocycles. The van der Waals surface area contributed by atoms with E-state index in [1.165, 1.54) is 22.9 Å². The number of fused-ring (bicyclic) bond motifs is 3. The maximum atomic E-state index is 13.4. The third kappa shape index (κ3) is 4.95. The molecule has 162 valence electrons. The zero-order valence-electron chi connectivity index (χ0n) is 17.0. The molecule has 2 N–H and O–H groups in total. The number of hydrogen-bond acceptors (Lipinski definition) is 4. The minimum atomic E-state index is -0.744. The Bertz CT molecular complexity index is 1020. The average molecular weight is 444 g/mol. The van der Waals surface area contributed by atoms with E-state index in [0.29, 0.717) is 18.0 Å². The summed E-state index contributed by atoms with van der Waals surface area (Å²) in [6.07, 6.45) is 1.78. The van der Waals surface area contributed by atoms with Crippen LogP contribution in [0.3, 0.4) is 0 Å². The van der Waals surface area contributed by atoms with Crippen molar-refractivity contribution in [2.45, 2.75) is 49.9 Å². The van der Waals surface area contributed by atoms with Gasteiger partial charge in [0.25, 0.3) is 0 Å². The monoisotopic (exact) mass is 443 g/mol. The normalized spacial score (nSPS) is 19.9. The Morgan fingerprint density at radius 1 is 1.19 bits per heavy atom. The van der Waals surface area contributed by atoms with Crippen LogP contribution < -0.4 is 10.6 Å². The quantitative estimate of drug-likeness (QED) is 0.716. The van der Waals surface area contributed by atoms with Gasteiger partial charge in [0.1, 0.15) is 17.7 Å². The fourth-order valence-electron chi connectivity index (χ4n) is 4.05. The molecule has 0 fully saturated rings. The SMILES string of the molecule is CCC[C@H](NC(=O)Cc1cc(F)cc(F)c1)C(=O)NC1=NC2Cc3ccccc3C2S1. The molecule has 3 atom stereocenters. The second-order valence-corrected chi connectivity index (χ2v) is 8.93. The van der Waals surface area contributed by atoms with Crippen molar-refractivity contribution in [2.75, 3.05) is 0 Å². The van der Waals surface area contributed by atoms with Crippen molar-refractivity contribution in [3.63, 3.8) is 0 Å². The lowest BCUT2D eigenvalue weighted by Crippen LogP contribution is -2.48. The van der Waals surface area contributed by atoms with Gasteiger partial charge >= 0.3 is 0 Å². The number of benzene rings is 2. The van der Waals surface area contributed by atoms with Crippen molar-refractivity contribution in [3.05, 3.63) is 70.8 Å². The Kier molecular flexibility index (Phi) is 6.36. The van der Waals surface area contributed by atoms with Crippen molar-refractivity contribution in [1.29, 1.82) is 0 Å². The van der Waals surface area contributed by atoms with Crippen LogP contribution in [0, 0.1) is 11.6 Å². The van der Waals surface area contributed by atoms with Crippen LogP contribution in [0.2, 0.25) is 0 Å². The Balaban J connectivity index is 1.36. The molecular formula is C23H23F2N3O2S. The summed E-state index contributed by atoms with van der Waals surface area (Å²) in [6, 6.07) is 10.6. The standard InChI is InChI=1S/C23H23F2N3O2S/c1-2-5-18(26-20(29)10-13-8-15(24)12-16(25)9-13)22(30)28-23-27-19-11-14-6-3-4-7-17(14)21(19)31-23/h3-4,6-9,12,18-19,21H,2,5,10-11H2,1H3,(H,26,29)(H,27,28,30)/t18-,19?,21?/m0/s1. The molecule has 8 heteroatoms. The molecule has 0 spiro atoms. The lowest BCUT2D eigenvalue weighted by Gasteiger charge is -2.18. The molecule has 2 unspecified atom stereocenters. The molecule has 0 saturated carbocycles. The summed E-state index contributed by atoms with van der Waals surface area (Å²) in [6.45, 7) is 1.91. The maximum Gasteiger partial charge on any atom is 0.248 e. The summed E-state index contributed by atoms with van der Waals surface area (Å²) in [5.74, 6) is -2.28. The van der Waals surface area contributed by atoms with E-state index in [1.54, 1.807) is 0 Å². The molecule has 1 heterocycles. The van der Waals surface area contributed by atoms with Crippen LogP contribution in [-0.2, 0) is 22.4 Å². The highest BCUT2D eigenvalue weighted by Crippen LogP contribution is 2.47. The van der Waals surface area contributed by atoms with Gasteiger partial charge < -0.3 is 10.6 Å². The summed E-state index contributed by atoms with van der Waals surface area (Å²) in [7, 11) is 0. The van der Waals surface area contributed by atoms with E-state index in [0.717, 1.165) is 24.6 Å². The highest BCUT2D eigenvalue weighted by molar-refractivity contribution is 8.14. The van der Waals surface area contributed by atoms with Crippen LogP contribution in [0.15, 0.2) is 47.5 Å². The van der Waals surface area contributed by atoms with E-state index in [9.17, 15) is 18.4 Å². The van der Waals surface area contributed by atoms with Gasteiger partial charge in [-0.15, -0.1) is 0 Å². The van der Waals surface area contributed by atoms with Gasteiger partial charge in [-0.3, -0.25) is 14.6 Å². The largest absolute Gasteiger partial charge is 0.344 e. The number of rotatable bonds is 6. The molecule has 2 aromatic carbocycles. The Hall–Kier alpha value is -2.74. The third-order valence-corrected chi connectivity index (χ3v) is 6.66. The van der Waals surface area contributed by atoms with Gasteiger partial charge in [-0.2, -0.15) is 0 Å². The molecule has 5 nitrogen and oxygen atoms in total. The van der Waals surface area contributed by atoms with E-state index in [-0.39, 0.29) is 29.2 Å². The van der Waals surface area contributed by atoms with Crippen LogP contribution >= 0.6 is 11.8 Å². The van der Waals surface area contributed by atoms with E-state index in [4.69, 9.17) is 0 Å². The fraction of sp³-hybridized carbons (Fsp3) is 0.348. The van der Waals surface area contributed by atoms with Gasteiger partial charge in [-0.1, -0.05) is 49.4 Å². The number of nitrogens with zero attached hydrogens (tertiary/aromatic N) is 1. The number of amidine groups is 1. The molecular weight excluding hydrogens is 420 g/mol. The Labute approximate surface area is 183 Å². The summed E-state index contributed by atoms with van der Waals surface area (Å²) in [5.41, 5.74) is 2.77. The van der Waals surface area contributed by atoms with E-state index in [2.05, 4.69) is 27.8 Å². The first-order chi connectivity index (χ1) is 14.9. The molecule has 2 aliphatic rings. The smallest absolute Gasteiger partial charge is 0.248 e. The molecule has 31 heavy (non-hydrogen) atoms. The lowest BCUT2D eigenvalue weighted by atomic mass is 10.1. The summed E-state index contributed by atoms with van der Waals surface area (Å²) < 4.78 is 26.7. The Morgan fingerprint density at radius 3 is 2.68 bits per heavy atom. The van der Waals surface area contributed by atoms with Crippen molar-refractivity contribution in [3.8, 4) is 0 Å². The highest BCUT2D eigenvalue weighted by atomic mass is 32.2. The van der Waals surface area contributed by atoms with Crippen molar-refractivity contribution < 1.29 is 18.4 Å². The van der Waals surface area contributed by atoms with Gasteiger partial charge in [0, 0.05) is 6.07 Å². The molecule has 0 bridgehead atoms. The maximum absolute atomic E-state index is 13.4. The minimum absolute atomic E-state index is 0.111. The first-order valence-electron chi connectivity index (χ1n) is 10.3. The molecule has 0 radical (unpaired) electrons. The van der Waals surface area contributed by atoms with Crippen LogP contribution in [0.5, 0.6) is 0 Å². The van der Waals surface area contributed by atoms with E-state index < -0.39 is 23.6 Å². The highest BCUT2D eigenvalue weighted by Gasteiger charge is 2.39. The molecule has 2 amide bonds. The lowest BCUT2D eigenvalue weighted by molar-refractivity contribution is -0.128. The molecule has 4 rings (SSSR count). The van der Waals surface area contributed by atoms with Gasteiger partial charge in [-0.05, 0) is 41.7 Å². The van der Waals surface area contributed by atoms with Crippen molar-refractivity contribution in [2.24, 2.45) is 4.99 Å². The van der Waals surface area contributed by atoms with Gasteiger partial charge in [-0.25, -0.2) is 8.78 Å². The summed E-state index contributed by atoms with van der Waals surface area (Å²) in [4.78, 5) is 29.9. The number of carbonyl (C=O) groups excluding carboxylic acids is 2. The molecule has 1 aliphatic carbocycles. The van der Waals surface area contributed by atoms with Crippen molar-refractivity contribution >= 4 is 28.7 Å². The van der Waals surface area contributed by atoms with E-state index in [1.807, 2.05) is 19.1 Å². The number of carbonyl (C=O) groups is 2. The predicted octanol–water partition coefficient (Wildman–Crippen LogP) is 3.68. The first-order valence-corrected chi connectivity index (χ1v) is 11.2. The van der Waals surface area contributed by atoms with E-state index >= 15 is 0 Å². The third-order valence-electron chi connectivity index (χ3n) is 5.41. The first kappa shape index (κ1) is 21.5. The van der Waals surface area contributed by atoms with Crippen molar-refractivity contribution in [1.82, 2.24) is 10.6 Å². The second kappa shape index (κ2) is 9.18. The van der Waals surface area contributed by atoms with Gasteiger partial charge in [0.2, 0.25) is 11.8 Å². The second-order valence-electron chi connectivity index (χ2n) is 7.80. The molecule has 2 aromatic rings. The fourth-order valence-corrected chi connectivity index (χ4v) is 5.32. The number of halogens is 2. The average Bonchev–Trinajstić information content (AvgIpc) is 3.24. The summed E-state index contributed by atoms with van der Waals surface area (Å²) in [5, 5.41) is 6.30. The predicted molar refractivity (Wildman–Crippen MR) is 117 cm³/mol. The minimum Gasteiger partial charge on any atom is -0.344 e. The van der Waals surface area contributed by atoms with Gasteiger partial charge in [0.15, 0.2) is 5.17 Å². The van der Waals surface area contributed by atoms with Crippen LogP contribution in [0.25, 0.3) is 0 Å². The Morgan fingerprint density at radius 2 is 1.94 bits per heavy atom. The number of hydrogen-bond donors (Lipinski definition) is 2. The number of amides is 2. The van der Waals surface area contributed by atoms with Gasteiger partial charge in [0.05, 0.1) is 17.7 Å².